The van der Waals surface area contributed by atoms with E-state index in [1.165, 1.54) is 24.3 Å². The predicted octanol–water partition coefficient (Wildman–Crippen LogP) is 3.39. The highest BCUT2D eigenvalue weighted by atomic mass is 16.6. The number of carbonyl (C=O) groups is 3. The van der Waals surface area contributed by atoms with Crippen molar-refractivity contribution in [2.75, 3.05) is 18.5 Å². The monoisotopic (exact) mass is 434 g/mol. The Hall–Kier alpha value is -4.53. The molecular weight excluding hydrogens is 416 g/mol. The summed E-state index contributed by atoms with van der Waals surface area (Å²) < 4.78 is 9.97. The summed E-state index contributed by atoms with van der Waals surface area (Å²) in [6, 6.07) is 20.6. The maximum atomic E-state index is 12.7. The Morgan fingerprint density at radius 1 is 0.844 bits per heavy atom. The van der Waals surface area contributed by atoms with Gasteiger partial charge in [-0.25, -0.2) is 4.79 Å². The summed E-state index contributed by atoms with van der Waals surface area (Å²) in [5.41, 5.74) is 0.738. The first-order valence-corrected chi connectivity index (χ1v) is 9.46. The molecule has 162 valence electrons. The number of rotatable bonds is 9. The van der Waals surface area contributed by atoms with Crippen LogP contribution in [0.1, 0.15) is 15.9 Å². The van der Waals surface area contributed by atoms with Crippen LogP contribution in [0.5, 0.6) is 5.75 Å². The van der Waals surface area contributed by atoms with Gasteiger partial charge < -0.3 is 14.8 Å². The summed E-state index contributed by atoms with van der Waals surface area (Å²) in [6.45, 7) is -1.23. The number of hydrogen-bond acceptors (Lipinski definition) is 7. The number of hydrogen-bond donors (Lipinski definition) is 1. The van der Waals surface area contributed by atoms with E-state index in [1.807, 2.05) is 0 Å². The number of nitrogens with one attached hydrogen (secondary N) is 1. The van der Waals surface area contributed by atoms with Crippen LogP contribution in [0.3, 0.4) is 0 Å². The summed E-state index contributed by atoms with van der Waals surface area (Å²) in [5, 5.41) is 13.5. The molecule has 0 saturated heterocycles. The average molecular weight is 434 g/mol. The van der Waals surface area contributed by atoms with Crippen molar-refractivity contribution in [1.29, 1.82) is 0 Å². The standard InChI is InChI=1S/C23H18N2O7/c26-21(14-32-22(27)15-31-20-13-7-6-12-19(20)25(29)30)24-18-11-5-4-10-17(18)23(28)16-8-2-1-3-9-16/h1-13H,14-15H2,(H,24,26). The van der Waals surface area contributed by atoms with Crippen LogP contribution in [0.4, 0.5) is 11.4 Å². The van der Waals surface area contributed by atoms with E-state index in [0.29, 0.717) is 5.56 Å². The summed E-state index contributed by atoms with van der Waals surface area (Å²) in [7, 11) is 0. The highest BCUT2D eigenvalue weighted by molar-refractivity contribution is 6.13. The van der Waals surface area contributed by atoms with E-state index in [2.05, 4.69) is 5.32 Å². The van der Waals surface area contributed by atoms with Crippen LogP contribution in [0.25, 0.3) is 0 Å². The third-order valence-corrected chi connectivity index (χ3v) is 4.25. The number of benzene rings is 3. The normalized spacial score (nSPS) is 10.1. The number of amides is 1. The lowest BCUT2D eigenvalue weighted by Gasteiger charge is -2.11. The van der Waals surface area contributed by atoms with Crippen molar-refractivity contribution < 1.29 is 28.8 Å². The fourth-order valence-corrected chi connectivity index (χ4v) is 2.78. The fourth-order valence-electron chi connectivity index (χ4n) is 2.78. The highest BCUT2D eigenvalue weighted by Gasteiger charge is 2.17. The Morgan fingerprint density at radius 2 is 1.50 bits per heavy atom. The number of ketones is 1. The van der Waals surface area contributed by atoms with Gasteiger partial charge in [-0.05, 0) is 18.2 Å². The van der Waals surface area contributed by atoms with Gasteiger partial charge in [0.05, 0.1) is 10.6 Å². The Morgan fingerprint density at radius 3 is 2.25 bits per heavy atom. The van der Waals surface area contributed by atoms with Crippen LogP contribution < -0.4 is 10.1 Å². The minimum Gasteiger partial charge on any atom is -0.475 e. The zero-order valence-corrected chi connectivity index (χ0v) is 16.7. The molecule has 9 heteroatoms. The number of anilines is 1. The van der Waals surface area contributed by atoms with Crippen molar-refractivity contribution in [3.63, 3.8) is 0 Å². The Labute approximate surface area is 182 Å². The molecule has 3 aromatic carbocycles. The van der Waals surface area contributed by atoms with Crippen LogP contribution >= 0.6 is 0 Å². The summed E-state index contributed by atoms with van der Waals surface area (Å²) in [6.07, 6.45) is 0. The second-order valence-electron chi connectivity index (χ2n) is 6.46. The molecule has 0 radical (unpaired) electrons. The molecule has 1 amide bonds. The van der Waals surface area contributed by atoms with Crippen LogP contribution in [-0.4, -0.2) is 35.8 Å². The molecule has 0 aromatic heterocycles. The zero-order valence-electron chi connectivity index (χ0n) is 16.7. The molecule has 0 bridgehead atoms. The van der Waals surface area contributed by atoms with Crippen molar-refractivity contribution in [3.05, 3.63) is 100 Å². The summed E-state index contributed by atoms with van der Waals surface area (Å²) >= 11 is 0. The van der Waals surface area contributed by atoms with Gasteiger partial charge in [-0.1, -0.05) is 54.6 Å². The van der Waals surface area contributed by atoms with E-state index in [9.17, 15) is 24.5 Å². The molecule has 1 N–H and O–H groups in total. The Bertz CT molecular complexity index is 1150. The van der Waals surface area contributed by atoms with Gasteiger partial charge in [0, 0.05) is 17.2 Å². The van der Waals surface area contributed by atoms with E-state index in [0.717, 1.165) is 0 Å². The molecule has 0 spiro atoms. The van der Waals surface area contributed by atoms with Gasteiger partial charge >= 0.3 is 11.7 Å². The smallest absolute Gasteiger partial charge is 0.344 e. The lowest BCUT2D eigenvalue weighted by molar-refractivity contribution is -0.385. The van der Waals surface area contributed by atoms with Crippen LogP contribution in [0.2, 0.25) is 0 Å². The van der Waals surface area contributed by atoms with E-state index in [-0.39, 0.29) is 28.5 Å². The first kappa shape index (κ1) is 22.2. The summed E-state index contributed by atoms with van der Waals surface area (Å²) in [4.78, 5) is 47.1. The SMILES string of the molecule is O=C(COC(=O)COc1ccccc1[N+](=O)[O-])Nc1ccccc1C(=O)c1ccccc1. The van der Waals surface area contributed by atoms with Gasteiger partial charge in [-0.2, -0.15) is 0 Å². The minimum atomic E-state index is -0.882. The Balaban J connectivity index is 1.55. The number of carbonyl (C=O) groups excluding carboxylic acids is 3. The number of ether oxygens (including phenoxy) is 2. The lowest BCUT2D eigenvalue weighted by Crippen LogP contribution is -2.24. The van der Waals surface area contributed by atoms with Gasteiger partial charge in [0.2, 0.25) is 0 Å². The third kappa shape index (κ3) is 5.76. The van der Waals surface area contributed by atoms with E-state index in [1.54, 1.807) is 54.6 Å². The predicted molar refractivity (Wildman–Crippen MR) is 114 cm³/mol. The van der Waals surface area contributed by atoms with Crippen molar-refractivity contribution in [3.8, 4) is 5.75 Å². The number of nitro groups is 1. The maximum Gasteiger partial charge on any atom is 0.344 e. The number of para-hydroxylation sites is 3. The van der Waals surface area contributed by atoms with Crippen molar-refractivity contribution >= 4 is 29.0 Å². The molecule has 0 fully saturated rings. The minimum absolute atomic E-state index is 0.0905. The van der Waals surface area contributed by atoms with Crippen molar-refractivity contribution in [2.24, 2.45) is 0 Å². The van der Waals surface area contributed by atoms with Crippen LogP contribution in [0, 0.1) is 10.1 Å². The number of nitro benzene ring substituents is 1. The van der Waals surface area contributed by atoms with Crippen molar-refractivity contribution in [1.82, 2.24) is 0 Å². The quantitative estimate of drug-likeness (QED) is 0.237. The molecule has 0 aliphatic heterocycles. The molecular formula is C23H18N2O7. The lowest BCUT2D eigenvalue weighted by atomic mass is 10.0. The highest BCUT2D eigenvalue weighted by Crippen LogP contribution is 2.25. The molecule has 3 aromatic rings. The van der Waals surface area contributed by atoms with Gasteiger partial charge in [-0.3, -0.25) is 19.7 Å². The van der Waals surface area contributed by atoms with E-state index in [4.69, 9.17) is 9.47 Å². The maximum absolute atomic E-state index is 12.7. The molecule has 32 heavy (non-hydrogen) atoms. The molecule has 0 aliphatic carbocycles. The molecule has 0 aliphatic rings. The van der Waals surface area contributed by atoms with Crippen LogP contribution in [0.15, 0.2) is 78.9 Å². The Kier molecular flexibility index (Phi) is 7.26. The third-order valence-electron chi connectivity index (χ3n) is 4.25. The second-order valence-corrected chi connectivity index (χ2v) is 6.46. The van der Waals surface area contributed by atoms with Gasteiger partial charge in [0.25, 0.3) is 5.91 Å². The molecule has 3 rings (SSSR count). The van der Waals surface area contributed by atoms with Crippen molar-refractivity contribution in [2.45, 2.75) is 0 Å². The van der Waals surface area contributed by atoms with E-state index < -0.39 is 30.0 Å². The fraction of sp³-hybridized carbons (Fsp3) is 0.0870. The largest absolute Gasteiger partial charge is 0.475 e. The molecule has 9 nitrogen and oxygen atoms in total. The number of nitrogens with zero attached hydrogens (tertiary/aromatic N) is 1. The summed E-state index contributed by atoms with van der Waals surface area (Å²) in [5.74, 6) is -1.90. The van der Waals surface area contributed by atoms with Crippen LogP contribution in [-0.2, 0) is 14.3 Å². The average Bonchev–Trinajstić information content (AvgIpc) is 2.82. The molecule has 0 atom stereocenters. The van der Waals surface area contributed by atoms with Gasteiger partial charge in [-0.15, -0.1) is 0 Å². The molecule has 0 heterocycles. The van der Waals surface area contributed by atoms with Gasteiger partial charge in [0.1, 0.15) is 0 Å². The zero-order chi connectivity index (χ0) is 22.9. The first-order chi connectivity index (χ1) is 15.5. The topological polar surface area (TPSA) is 125 Å². The van der Waals surface area contributed by atoms with E-state index >= 15 is 0 Å². The second kappa shape index (κ2) is 10.5. The molecule has 0 saturated carbocycles. The van der Waals surface area contributed by atoms with Gasteiger partial charge in [0.15, 0.2) is 24.7 Å². The molecule has 0 unspecified atom stereocenters. The first-order valence-electron chi connectivity index (χ1n) is 9.46. The number of esters is 1.